The number of aryl methyl sites for hydroxylation is 3. The molecule has 9 heteroatoms. The zero-order valence-electron chi connectivity index (χ0n) is 20.1. The fraction of sp³-hybridized carbons (Fsp3) is 0.480. The molecule has 7 nitrogen and oxygen atoms in total. The Morgan fingerprint density at radius 2 is 2.09 bits per heavy atom. The molecule has 0 unspecified atom stereocenters. The molecule has 3 heterocycles. The summed E-state index contributed by atoms with van der Waals surface area (Å²) < 4.78 is 2.09. The Balaban J connectivity index is 0.00000324. The van der Waals surface area contributed by atoms with Gasteiger partial charge in [-0.3, -0.25) is 4.79 Å². The summed E-state index contributed by atoms with van der Waals surface area (Å²) in [6.45, 7) is 8.93. The number of hydrogen-bond acceptors (Lipinski definition) is 6. The molecule has 1 saturated heterocycles. The van der Waals surface area contributed by atoms with Gasteiger partial charge in [0, 0.05) is 31.9 Å². The maximum Gasteiger partial charge on any atom is 0.240 e. The van der Waals surface area contributed by atoms with Crippen LogP contribution in [0.15, 0.2) is 42.2 Å². The summed E-state index contributed by atoms with van der Waals surface area (Å²) in [5.41, 5.74) is 11.3. The maximum absolute atomic E-state index is 13.2. The number of halogens is 1. The molecule has 4 rings (SSSR count). The Hall–Kier alpha value is -2.26. The topological polar surface area (TPSA) is 97.3 Å². The van der Waals surface area contributed by atoms with E-state index in [0.29, 0.717) is 6.42 Å². The van der Waals surface area contributed by atoms with Crippen molar-refractivity contribution in [3.8, 4) is 10.4 Å². The van der Waals surface area contributed by atoms with Crippen LogP contribution in [0.1, 0.15) is 50.3 Å². The Bertz CT molecular complexity index is 1120. The smallest absolute Gasteiger partial charge is 0.240 e. The van der Waals surface area contributed by atoms with Gasteiger partial charge in [0.2, 0.25) is 5.91 Å². The zero-order valence-corrected chi connectivity index (χ0v) is 21.8. The second kappa shape index (κ2) is 10.6. The van der Waals surface area contributed by atoms with Crippen LogP contribution >= 0.6 is 23.7 Å². The zero-order chi connectivity index (χ0) is 23.8. The highest BCUT2D eigenvalue weighted by Gasteiger charge is 2.41. The molecule has 0 radical (unpaired) electrons. The Morgan fingerprint density at radius 1 is 1.32 bits per heavy atom. The number of rotatable bonds is 6. The normalized spacial score (nSPS) is 19.2. The van der Waals surface area contributed by atoms with Crippen molar-refractivity contribution in [2.45, 2.75) is 65.3 Å². The maximum atomic E-state index is 13.2. The fourth-order valence-electron chi connectivity index (χ4n) is 4.36. The number of amides is 1. The van der Waals surface area contributed by atoms with E-state index < -0.39 is 12.1 Å². The van der Waals surface area contributed by atoms with Gasteiger partial charge in [-0.25, -0.2) is 9.97 Å². The van der Waals surface area contributed by atoms with Crippen LogP contribution in [0.2, 0.25) is 0 Å². The molecule has 34 heavy (non-hydrogen) atoms. The first kappa shape index (κ1) is 26.3. The van der Waals surface area contributed by atoms with E-state index in [9.17, 15) is 9.90 Å². The van der Waals surface area contributed by atoms with E-state index in [1.807, 2.05) is 39.4 Å². The van der Waals surface area contributed by atoms with Gasteiger partial charge in [-0.15, -0.1) is 23.7 Å². The van der Waals surface area contributed by atoms with Crippen LogP contribution in [0, 0.1) is 12.3 Å². The van der Waals surface area contributed by atoms with E-state index in [1.54, 1.807) is 22.4 Å². The number of aliphatic hydroxyl groups is 1. The Labute approximate surface area is 211 Å². The quantitative estimate of drug-likeness (QED) is 0.530. The molecule has 3 atom stereocenters. The number of imidazole rings is 1. The average molecular weight is 504 g/mol. The molecule has 0 aliphatic carbocycles. The van der Waals surface area contributed by atoms with Gasteiger partial charge in [0.25, 0.3) is 0 Å². The average Bonchev–Trinajstić information content (AvgIpc) is 3.50. The molecular weight excluding hydrogens is 470 g/mol. The molecule has 2 aromatic heterocycles. The third-order valence-corrected chi connectivity index (χ3v) is 7.36. The first-order valence-corrected chi connectivity index (χ1v) is 12.3. The molecule has 0 bridgehead atoms. The van der Waals surface area contributed by atoms with Gasteiger partial charge in [0.05, 0.1) is 34.3 Å². The summed E-state index contributed by atoms with van der Waals surface area (Å²) in [5, 5.41) is 10.4. The summed E-state index contributed by atoms with van der Waals surface area (Å²) in [6.07, 6.45) is 4.45. The minimum absolute atomic E-state index is 0. The second-order valence-corrected chi connectivity index (χ2v) is 10.8. The number of aromatic nitrogens is 3. The lowest BCUT2D eigenvalue weighted by molar-refractivity contribution is -0.136. The molecule has 1 aromatic carbocycles. The van der Waals surface area contributed by atoms with Crippen molar-refractivity contribution in [3.05, 3.63) is 59.3 Å². The van der Waals surface area contributed by atoms with Crippen molar-refractivity contribution >= 4 is 29.7 Å². The Morgan fingerprint density at radius 3 is 2.76 bits per heavy atom. The molecule has 0 spiro atoms. The van der Waals surface area contributed by atoms with Crippen LogP contribution in [0.4, 0.5) is 0 Å². The van der Waals surface area contributed by atoms with Crippen molar-refractivity contribution in [3.63, 3.8) is 0 Å². The number of benzene rings is 1. The monoisotopic (exact) mass is 503 g/mol. The standard InChI is InChI=1S/C25H33N5O2S.ClH/c1-16-21(33-15-28-16)18-7-5-6-17(12-18)8-10-29-11-9-27-23(29)20-13-19(31)14-30(20)24(32)22(26)25(2,3)4;/h5-7,9,11-12,15,19-20,22,31H,8,10,13-14,26H2,1-4H3;1H/t19-,20+,22-;/m1./s1. The van der Waals surface area contributed by atoms with Crippen LogP contribution in [0.25, 0.3) is 10.4 Å². The predicted octanol–water partition coefficient (Wildman–Crippen LogP) is 3.99. The lowest BCUT2D eigenvalue weighted by Gasteiger charge is -2.32. The van der Waals surface area contributed by atoms with Gasteiger partial charge < -0.3 is 20.3 Å². The predicted molar refractivity (Wildman–Crippen MR) is 138 cm³/mol. The molecular formula is C25H34ClN5O2S. The van der Waals surface area contributed by atoms with Gasteiger partial charge in [0.15, 0.2) is 0 Å². The highest BCUT2D eigenvalue weighted by Crippen LogP contribution is 2.34. The van der Waals surface area contributed by atoms with E-state index in [2.05, 4.69) is 38.8 Å². The largest absolute Gasteiger partial charge is 0.391 e. The lowest BCUT2D eigenvalue weighted by Crippen LogP contribution is -2.50. The van der Waals surface area contributed by atoms with Crippen molar-refractivity contribution in [2.24, 2.45) is 11.1 Å². The number of aliphatic hydroxyl groups excluding tert-OH is 1. The summed E-state index contributed by atoms with van der Waals surface area (Å²) >= 11 is 1.66. The molecule has 1 aliphatic rings. The number of thiazole rings is 1. The second-order valence-electron chi connectivity index (χ2n) is 9.94. The van der Waals surface area contributed by atoms with Crippen molar-refractivity contribution in [2.75, 3.05) is 6.54 Å². The minimum Gasteiger partial charge on any atom is -0.391 e. The van der Waals surface area contributed by atoms with E-state index in [4.69, 9.17) is 5.73 Å². The number of carbonyl (C=O) groups is 1. The van der Waals surface area contributed by atoms with Gasteiger partial charge in [-0.05, 0) is 29.9 Å². The van der Waals surface area contributed by atoms with E-state index in [1.165, 1.54) is 16.0 Å². The van der Waals surface area contributed by atoms with E-state index in [0.717, 1.165) is 24.5 Å². The van der Waals surface area contributed by atoms with Crippen LogP contribution in [-0.2, 0) is 17.8 Å². The van der Waals surface area contributed by atoms with Crippen LogP contribution in [-0.4, -0.2) is 49.1 Å². The van der Waals surface area contributed by atoms with E-state index >= 15 is 0 Å². The van der Waals surface area contributed by atoms with Crippen LogP contribution in [0.3, 0.4) is 0 Å². The van der Waals surface area contributed by atoms with Crippen molar-refractivity contribution in [1.82, 2.24) is 19.4 Å². The highest BCUT2D eigenvalue weighted by atomic mass is 35.5. The third-order valence-electron chi connectivity index (χ3n) is 6.38. The Kier molecular flexibility index (Phi) is 8.18. The number of β-amino-alcohol motifs (C(OH)–C–C–N with tert-alkyl or cyclic N) is 1. The number of nitrogens with two attached hydrogens (primary N) is 1. The molecule has 1 fully saturated rings. The molecule has 0 saturated carbocycles. The first-order chi connectivity index (χ1) is 15.6. The van der Waals surface area contributed by atoms with Crippen molar-refractivity contribution < 1.29 is 9.90 Å². The van der Waals surface area contributed by atoms with Gasteiger partial charge >= 0.3 is 0 Å². The first-order valence-electron chi connectivity index (χ1n) is 11.4. The highest BCUT2D eigenvalue weighted by molar-refractivity contribution is 7.13. The van der Waals surface area contributed by atoms with Gasteiger partial charge in [-0.1, -0.05) is 45.0 Å². The van der Waals surface area contributed by atoms with Crippen LogP contribution < -0.4 is 5.73 Å². The summed E-state index contributed by atoms with van der Waals surface area (Å²) in [5.74, 6) is 0.668. The number of carbonyl (C=O) groups excluding carboxylic acids is 1. The lowest BCUT2D eigenvalue weighted by atomic mass is 9.86. The molecule has 3 aromatic rings. The van der Waals surface area contributed by atoms with Crippen molar-refractivity contribution in [1.29, 1.82) is 0 Å². The SMILES string of the molecule is Cc1ncsc1-c1cccc(CCn2ccnc2[C@@H]2C[C@@H](O)CN2C(=O)[C@@H](N)C(C)(C)C)c1.Cl. The summed E-state index contributed by atoms with van der Waals surface area (Å²) in [4.78, 5) is 25.0. The van der Waals surface area contributed by atoms with Crippen LogP contribution in [0.5, 0.6) is 0 Å². The van der Waals surface area contributed by atoms with Gasteiger partial charge in [-0.2, -0.15) is 0 Å². The molecule has 184 valence electrons. The minimum atomic E-state index is -0.633. The third kappa shape index (κ3) is 5.51. The fourth-order valence-corrected chi connectivity index (χ4v) is 5.16. The number of nitrogens with zero attached hydrogens (tertiary/aromatic N) is 4. The molecule has 1 aliphatic heterocycles. The molecule has 1 amide bonds. The number of likely N-dealkylation sites (tertiary alicyclic amines) is 1. The summed E-state index contributed by atoms with van der Waals surface area (Å²) in [6, 6.07) is 7.64. The summed E-state index contributed by atoms with van der Waals surface area (Å²) in [7, 11) is 0. The number of hydrogen-bond donors (Lipinski definition) is 2. The molecule has 3 N–H and O–H groups in total. The van der Waals surface area contributed by atoms with E-state index in [-0.39, 0.29) is 36.3 Å². The van der Waals surface area contributed by atoms with Gasteiger partial charge in [0.1, 0.15) is 5.82 Å².